The summed E-state index contributed by atoms with van der Waals surface area (Å²) < 4.78 is 0. The molecule has 0 radical (unpaired) electrons. The summed E-state index contributed by atoms with van der Waals surface area (Å²) in [6, 6.07) is 0.00448. The highest BCUT2D eigenvalue weighted by Gasteiger charge is 2.26. The molecular formula is C15H27N3O3. The lowest BCUT2D eigenvalue weighted by atomic mass is 10.0. The summed E-state index contributed by atoms with van der Waals surface area (Å²) >= 11 is 0. The highest BCUT2D eigenvalue weighted by atomic mass is 16.4. The fraction of sp³-hybridized carbons (Fsp3) is 0.867. The minimum absolute atomic E-state index is 0.00448. The number of hydrogen-bond donors (Lipinski definition) is 2. The Morgan fingerprint density at radius 3 is 2.62 bits per heavy atom. The van der Waals surface area contributed by atoms with Gasteiger partial charge in [-0.1, -0.05) is 6.42 Å². The molecule has 2 fully saturated rings. The molecule has 2 aliphatic heterocycles. The predicted octanol–water partition coefficient (Wildman–Crippen LogP) is 1.37. The number of nitrogens with one attached hydrogen (secondary N) is 1. The SMILES string of the molecule is O=C(O)CCC1CCN(C(=O)NCCN2CCCCC2)C1. The van der Waals surface area contributed by atoms with Gasteiger partial charge in [-0.15, -0.1) is 0 Å². The van der Waals surface area contributed by atoms with E-state index >= 15 is 0 Å². The van der Waals surface area contributed by atoms with E-state index in [4.69, 9.17) is 5.11 Å². The smallest absolute Gasteiger partial charge is 0.317 e. The second kappa shape index (κ2) is 8.22. The average Bonchev–Trinajstić information content (AvgIpc) is 2.95. The van der Waals surface area contributed by atoms with Crippen LogP contribution in [-0.4, -0.2) is 66.2 Å². The van der Waals surface area contributed by atoms with Crippen molar-refractivity contribution in [1.29, 1.82) is 0 Å². The number of rotatable bonds is 6. The molecule has 2 heterocycles. The van der Waals surface area contributed by atoms with Crippen molar-refractivity contribution in [2.75, 3.05) is 39.3 Å². The Labute approximate surface area is 126 Å². The van der Waals surface area contributed by atoms with Gasteiger partial charge in [-0.3, -0.25) is 4.79 Å². The normalized spacial score (nSPS) is 23.2. The van der Waals surface area contributed by atoms with Gasteiger partial charge in [-0.05, 0) is 44.7 Å². The minimum Gasteiger partial charge on any atom is -0.481 e. The molecule has 0 aromatic heterocycles. The molecule has 0 aromatic carbocycles. The molecule has 6 heteroatoms. The summed E-state index contributed by atoms with van der Waals surface area (Å²) in [5, 5.41) is 11.7. The average molecular weight is 297 g/mol. The molecule has 2 rings (SSSR count). The highest BCUT2D eigenvalue weighted by molar-refractivity contribution is 5.74. The van der Waals surface area contributed by atoms with Crippen LogP contribution in [0, 0.1) is 5.92 Å². The minimum atomic E-state index is -0.751. The van der Waals surface area contributed by atoms with Crippen molar-refractivity contribution in [1.82, 2.24) is 15.1 Å². The van der Waals surface area contributed by atoms with E-state index in [1.54, 1.807) is 0 Å². The molecule has 1 unspecified atom stereocenters. The van der Waals surface area contributed by atoms with Crippen LogP contribution in [0.2, 0.25) is 0 Å². The van der Waals surface area contributed by atoms with E-state index in [1.165, 1.54) is 19.3 Å². The number of piperidine rings is 1. The Morgan fingerprint density at radius 1 is 1.14 bits per heavy atom. The summed E-state index contributed by atoms with van der Waals surface area (Å²) in [6.45, 7) is 5.38. The number of aliphatic carboxylic acids is 1. The maximum atomic E-state index is 12.1. The first-order valence-corrected chi connectivity index (χ1v) is 8.12. The van der Waals surface area contributed by atoms with Crippen molar-refractivity contribution in [2.45, 2.75) is 38.5 Å². The van der Waals surface area contributed by atoms with E-state index in [9.17, 15) is 9.59 Å². The number of nitrogens with zero attached hydrogens (tertiary/aromatic N) is 2. The summed E-state index contributed by atoms with van der Waals surface area (Å²) in [4.78, 5) is 26.8. The van der Waals surface area contributed by atoms with Gasteiger partial charge in [0.15, 0.2) is 0 Å². The zero-order valence-electron chi connectivity index (χ0n) is 12.7. The molecule has 1 atom stereocenters. The Hall–Kier alpha value is -1.30. The molecule has 2 N–H and O–H groups in total. The van der Waals surface area contributed by atoms with Crippen LogP contribution >= 0.6 is 0 Å². The largest absolute Gasteiger partial charge is 0.481 e. The monoisotopic (exact) mass is 297 g/mol. The van der Waals surface area contributed by atoms with E-state index < -0.39 is 5.97 Å². The van der Waals surface area contributed by atoms with Gasteiger partial charge >= 0.3 is 12.0 Å². The quantitative estimate of drug-likeness (QED) is 0.776. The molecule has 2 amide bonds. The third kappa shape index (κ3) is 5.53. The number of carbonyl (C=O) groups is 2. The number of carbonyl (C=O) groups excluding carboxylic acids is 1. The third-order valence-corrected chi connectivity index (χ3v) is 4.49. The summed E-state index contributed by atoms with van der Waals surface area (Å²) in [5.74, 6) is -0.409. The Bertz CT molecular complexity index is 356. The van der Waals surface area contributed by atoms with Gasteiger partial charge in [0, 0.05) is 32.6 Å². The molecule has 21 heavy (non-hydrogen) atoms. The molecule has 0 aromatic rings. The third-order valence-electron chi connectivity index (χ3n) is 4.49. The van der Waals surface area contributed by atoms with Crippen molar-refractivity contribution in [2.24, 2.45) is 5.92 Å². The first kappa shape index (κ1) is 16.1. The van der Waals surface area contributed by atoms with E-state index in [-0.39, 0.29) is 12.5 Å². The fourth-order valence-electron chi connectivity index (χ4n) is 3.20. The van der Waals surface area contributed by atoms with Crippen molar-refractivity contribution < 1.29 is 14.7 Å². The van der Waals surface area contributed by atoms with Gasteiger partial charge in [-0.25, -0.2) is 4.79 Å². The maximum Gasteiger partial charge on any atom is 0.317 e. The van der Waals surface area contributed by atoms with Crippen molar-refractivity contribution in [3.8, 4) is 0 Å². The Balaban J connectivity index is 1.59. The van der Waals surface area contributed by atoms with Crippen LogP contribution in [0.1, 0.15) is 38.5 Å². The van der Waals surface area contributed by atoms with Gasteiger partial charge in [0.25, 0.3) is 0 Å². The second-order valence-corrected chi connectivity index (χ2v) is 6.17. The van der Waals surface area contributed by atoms with Crippen LogP contribution in [0.15, 0.2) is 0 Å². The molecule has 6 nitrogen and oxygen atoms in total. The number of amides is 2. The van der Waals surface area contributed by atoms with Gasteiger partial charge in [0.2, 0.25) is 0 Å². The lowest BCUT2D eigenvalue weighted by Crippen LogP contribution is -2.43. The second-order valence-electron chi connectivity index (χ2n) is 6.17. The van der Waals surface area contributed by atoms with Crippen LogP contribution in [0.3, 0.4) is 0 Å². The van der Waals surface area contributed by atoms with E-state index in [0.717, 1.165) is 32.6 Å². The number of likely N-dealkylation sites (tertiary alicyclic amines) is 2. The standard InChI is InChI=1S/C15H27N3O3/c19-14(20)5-4-13-6-10-18(12-13)15(21)16-7-11-17-8-2-1-3-9-17/h13H,1-12H2,(H,16,21)(H,19,20). The molecular weight excluding hydrogens is 270 g/mol. The molecule has 0 saturated carbocycles. The Kier molecular flexibility index (Phi) is 6.29. The summed E-state index contributed by atoms with van der Waals surface area (Å²) in [7, 11) is 0. The van der Waals surface area contributed by atoms with Crippen molar-refractivity contribution in [3.05, 3.63) is 0 Å². The number of carboxylic acid groups (broad SMARTS) is 1. The van der Waals surface area contributed by atoms with E-state index in [0.29, 0.717) is 25.4 Å². The van der Waals surface area contributed by atoms with Gasteiger partial charge in [0.05, 0.1) is 0 Å². The lowest BCUT2D eigenvalue weighted by Gasteiger charge is -2.26. The summed E-state index contributed by atoms with van der Waals surface area (Å²) in [5.41, 5.74) is 0. The number of urea groups is 1. The van der Waals surface area contributed by atoms with Crippen LogP contribution in [0.4, 0.5) is 4.79 Å². The Morgan fingerprint density at radius 2 is 1.90 bits per heavy atom. The summed E-state index contributed by atoms with van der Waals surface area (Å²) in [6.07, 6.45) is 5.67. The zero-order chi connectivity index (χ0) is 15.1. The molecule has 0 spiro atoms. The van der Waals surface area contributed by atoms with Crippen LogP contribution < -0.4 is 5.32 Å². The highest BCUT2D eigenvalue weighted by Crippen LogP contribution is 2.20. The number of hydrogen-bond acceptors (Lipinski definition) is 3. The van der Waals surface area contributed by atoms with Crippen molar-refractivity contribution in [3.63, 3.8) is 0 Å². The molecule has 0 aliphatic carbocycles. The zero-order valence-corrected chi connectivity index (χ0v) is 12.7. The van der Waals surface area contributed by atoms with Gasteiger partial charge in [-0.2, -0.15) is 0 Å². The van der Waals surface area contributed by atoms with Crippen LogP contribution in [0.25, 0.3) is 0 Å². The van der Waals surface area contributed by atoms with E-state index in [1.807, 2.05) is 4.90 Å². The lowest BCUT2D eigenvalue weighted by molar-refractivity contribution is -0.137. The molecule has 120 valence electrons. The topological polar surface area (TPSA) is 72.9 Å². The first-order chi connectivity index (χ1) is 10.1. The van der Waals surface area contributed by atoms with Gasteiger partial charge in [0.1, 0.15) is 0 Å². The fourth-order valence-corrected chi connectivity index (χ4v) is 3.20. The molecule has 2 saturated heterocycles. The van der Waals surface area contributed by atoms with Crippen LogP contribution in [0.5, 0.6) is 0 Å². The predicted molar refractivity (Wildman–Crippen MR) is 80.2 cm³/mol. The maximum absolute atomic E-state index is 12.1. The first-order valence-electron chi connectivity index (χ1n) is 8.12. The van der Waals surface area contributed by atoms with E-state index in [2.05, 4.69) is 10.2 Å². The van der Waals surface area contributed by atoms with Crippen LogP contribution in [-0.2, 0) is 4.79 Å². The molecule has 0 bridgehead atoms. The molecule has 2 aliphatic rings. The van der Waals surface area contributed by atoms with Crippen molar-refractivity contribution >= 4 is 12.0 Å². The van der Waals surface area contributed by atoms with Gasteiger partial charge < -0.3 is 20.2 Å². The number of carboxylic acids is 1.